The van der Waals surface area contributed by atoms with Gasteiger partial charge in [0.05, 0.1) is 11.9 Å². The third-order valence-corrected chi connectivity index (χ3v) is 5.56. The molecule has 2 aromatic carbocycles. The van der Waals surface area contributed by atoms with Gasteiger partial charge in [0.15, 0.2) is 0 Å². The summed E-state index contributed by atoms with van der Waals surface area (Å²) in [5, 5.41) is 3.39. The second-order valence-electron chi connectivity index (χ2n) is 6.10. The fraction of sp³-hybridized carbons (Fsp3) is 0.316. The molecule has 1 N–H and O–H groups in total. The van der Waals surface area contributed by atoms with E-state index in [4.69, 9.17) is 11.6 Å². The lowest BCUT2D eigenvalue weighted by atomic mass is 10.1. The van der Waals surface area contributed by atoms with Gasteiger partial charge in [0.1, 0.15) is 6.04 Å². The van der Waals surface area contributed by atoms with Crippen molar-refractivity contribution in [2.75, 3.05) is 10.6 Å². The molecule has 0 radical (unpaired) electrons. The van der Waals surface area contributed by atoms with Crippen LogP contribution in [0.5, 0.6) is 0 Å². The number of aryl methyl sites for hydroxylation is 1. The zero-order valence-electron chi connectivity index (χ0n) is 15.1. The minimum atomic E-state index is -3.62. The Kier molecular flexibility index (Phi) is 6.67. The zero-order chi connectivity index (χ0) is 19.3. The lowest BCUT2D eigenvalue weighted by Crippen LogP contribution is -2.47. The summed E-state index contributed by atoms with van der Waals surface area (Å²) in [5.41, 5.74) is 2.45. The Hall–Kier alpha value is -2.05. The highest BCUT2D eigenvalue weighted by Gasteiger charge is 2.28. The summed E-state index contributed by atoms with van der Waals surface area (Å²) < 4.78 is 25.7. The molecule has 0 saturated carbocycles. The topological polar surface area (TPSA) is 66.5 Å². The number of carbonyl (C=O) groups excluding carboxylic acids is 1. The number of nitrogens with zero attached hydrogens (tertiary/aromatic N) is 1. The van der Waals surface area contributed by atoms with Gasteiger partial charge >= 0.3 is 0 Å². The van der Waals surface area contributed by atoms with Crippen LogP contribution in [0.4, 0.5) is 5.69 Å². The van der Waals surface area contributed by atoms with E-state index in [9.17, 15) is 13.2 Å². The molecule has 0 aliphatic heterocycles. The van der Waals surface area contributed by atoms with Crippen molar-refractivity contribution >= 4 is 33.2 Å². The molecule has 0 unspecified atom stereocenters. The smallest absolute Gasteiger partial charge is 0.243 e. The van der Waals surface area contributed by atoms with E-state index in [0.29, 0.717) is 17.3 Å². The van der Waals surface area contributed by atoms with E-state index in [1.165, 1.54) is 0 Å². The minimum absolute atomic E-state index is 0.298. The summed E-state index contributed by atoms with van der Waals surface area (Å²) in [5.74, 6) is -0.370. The number of halogens is 1. The van der Waals surface area contributed by atoms with E-state index in [1.807, 2.05) is 31.2 Å². The summed E-state index contributed by atoms with van der Waals surface area (Å²) in [6, 6.07) is 13.4. The quantitative estimate of drug-likeness (QED) is 0.782. The first kappa shape index (κ1) is 20.3. The van der Waals surface area contributed by atoms with E-state index >= 15 is 0 Å². The Morgan fingerprint density at radius 1 is 1.08 bits per heavy atom. The summed E-state index contributed by atoms with van der Waals surface area (Å²) in [4.78, 5) is 12.5. The predicted molar refractivity (Wildman–Crippen MR) is 106 cm³/mol. The van der Waals surface area contributed by atoms with Crippen LogP contribution in [0.25, 0.3) is 0 Å². The minimum Gasteiger partial charge on any atom is -0.350 e. The van der Waals surface area contributed by atoms with Crippen LogP contribution in [0.1, 0.15) is 25.0 Å². The molecule has 26 heavy (non-hydrogen) atoms. The summed E-state index contributed by atoms with van der Waals surface area (Å²) >= 11 is 5.85. The Bertz CT molecular complexity index is 849. The number of sulfonamides is 1. The zero-order valence-corrected chi connectivity index (χ0v) is 16.6. The van der Waals surface area contributed by atoms with E-state index < -0.39 is 16.1 Å². The van der Waals surface area contributed by atoms with Crippen LogP contribution >= 0.6 is 11.6 Å². The van der Waals surface area contributed by atoms with Gasteiger partial charge in [-0.2, -0.15) is 0 Å². The SMILES string of the molecule is CCc1ccc(N([C@H](C)C(=O)NCc2ccc(Cl)cc2)S(C)(=O)=O)cc1. The number of hydrogen-bond acceptors (Lipinski definition) is 3. The number of benzene rings is 2. The number of rotatable bonds is 7. The lowest BCUT2D eigenvalue weighted by molar-refractivity contribution is -0.122. The van der Waals surface area contributed by atoms with Crippen LogP contribution in [0.15, 0.2) is 48.5 Å². The second-order valence-corrected chi connectivity index (χ2v) is 8.39. The van der Waals surface area contributed by atoms with E-state index in [-0.39, 0.29) is 5.91 Å². The fourth-order valence-corrected chi connectivity index (χ4v) is 3.93. The van der Waals surface area contributed by atoms with Crippen molar-refractivity contribution in [1.82, 2.24) is 5.32 Å². The average Bonchev–Trinajstić information content (AvgIpc) is 2.60. The molecule has 7 heteroatoms. The number of hydrogen-bond donors (Lipinski definition) is 1. The summed E-state index contributed by atoms with van der Waals surface area (Å²) in [6.07, 6.45) is 1.96. The van der Waals surface area contributed by atoms with Gasteiger partial charge in [-0.3, -0.25) is 9.10 Å². The maximum atomic E-state index is 12.5. The third kappa shape index (κ3) is 5.22. The molecule has 2 rings (SSSR count). The first-order valence-corrected chi connectivity index (χ1v) is 10.6. The molecule has 0 aliphatic carbocycles. The molecule has 0 aromatic heterocycles. The molecule has 0 aliphatic rings. The highest BCUT2D eigenvalue weighted by Crippen LogP contribution is 2.22. The third-order valence-electron chi connectivity index (χ3n) is 4.07. The predicted octanol–water partition coefficient (Wildman–Crippen LogP) is 3.37. The number of nitrogens with one attached hydrogen (secondary N) is 1. The Morgan fingerprint density at radius 2 is 1.62 bits per heavy atom. The fourth-order valence-electron chi connectivity index (χ4n) is 2.63. The second kappa shape index (κ2) is 8.56. The first-order valence-electron chi connectivity index (χ1n) is 8.33. The van der Waals surface area contributed by atoms with E-state index in [2.05, 4.69) is 5.32 Å². The van der Waals surface area contributed by atoms with Gasteiger partial charge in [-0.15, -0.1) is 0 Å². The standard InChI is InChI=1S/C19H23ClN2O3S/c1-4-15-7-11-18(12-8-15)22(26(3,24)25)14(2)19(23)21-13-16-5-9-17(20)10-6-16/h5-12,14H,4,13H2,1-3H3,(H,21,23)/t14-/m1/s1. The molecular formula is C19H23ClN2O3S. The molecule has 1 amide bonds. The molecule has 0 saturated heterocycles. The van der Waals surface area contributed by atoms with Crippen LogP contribution in [0.2, 0.25) is 5.02 Å². The van der Waals surface area contributed by atoms with Gasteiger partial charge in [0.2, 0.25) is 15.9 Å². The Morgan fingerprint density at radius 3 is 2.12 bits per heavy atom. The number of carbonyl (C=O) groups is 1. The normalized spacial score (nSPS) is 12.5. The highest BCUT2D eigenvalue weighted by molar-refractivity contribution is 7.92. The van der Waals surface area contributed by atoms with Crippen molar-refractivity contribution in [3.63, 3.8) is 0 Å². The summed E-state index contributed by atoms with van der Waals surface area (Å²) in [6.45, 7) is 3.90. The van der Waals surface area contributed by atoms with Crippen LogP contribution in [-0.4, -0.2) is 26.6 Å². The van der Waals surface area contributed by atoms with Gasteiger partial charge < -0.3 is 5.32 Å². The molecule has 2 aromatic rings. The first-order chi connectivity index (χ1) is 12.2. The van der Waals surface area contributed by atoms with Gasteiger partial charge in [-0.1, -0.05) is 42.8 Å². The van der Waals surface area contributed by atoms with Gasteiger partial charge in [-0.05, 0) is 48.7 Å². The maximum absolute atomic E-state index is 12.5. The van der Waals surface area contributed by atoms with Crippen molar-refractivity contribution in [3.05, 3.63) is 64.7 Å². The molecule has 0 spiro atoms. The van der Waals surface area contributed by atoms with Crippen molar-refractivity contribution in [3.8, 4) is 0 Å². The Balaban J connectivity index is 2.16. The van der Waals surface area contributed by atoms with Crippen LogP contribution in [0, 0.1) is 0 Å². The van der Waals surface area contributed by atoms with Crippen molar-refractivity contribution in [2.45, 2.75) is 32.9 Å². The van der Waals surface area contributed by atoms with Gasteiger partial charge in [-0.25, -0.2) is 8.42 Å². The van der Waals surface area contributed by atoms with Crippen LogP contribution < -0.4 is 9.62 Å². The monoisotopic (exact) mass is 394 g/mol. The number of anilines is 1. The Labute approximate surface area is 160 Å². The largest absolute Gasteiger partial charge is 0.350 e. The molecule has 1 atom stereocenters. The van der Waals surface area contributed by atoms with E-state index in [0.717, 1.165) is 28.1 Å². The lowest BCUT2D eigenvalue weighted by Gasteiger charge is -2.28. The molecule has 140 valence electrons. The van der Waals surface area contributed by atoms with Gasteiger partial charge in [0.25, 0.3) is 0 Å². The molecule has 0 fully saturated rings. The van der Waals surface area contributed by atoms with Crippen molar-refractivity contribution in [2.24, 2.45) is 0 Å². The van der Waals surface area contributed by atoms with Crippen molar-refractivity contribution in [1.29, 1.82) is 0 Å². The van der Waals surface area contributed by atoms with Crippen LogP contribution in [0.3, 0.4) is 0 Å². The average molecular weight is 395 g/mol. The molecule has 0 heterocycles. The van der Waals surface area contributed by atoms with Crippen molar-refractivity contribution < 1.29 is 13.2 Å². The molecular weight excluding hydrogens is 372 g/mol. The maximum Gasteiger partial charge on any atom is 0.243 e. The van der Waals surface area contributed by atoms with Gasteiger partial charge in [0, 0.05) is 11.6 Å². The van der Waals surface area contributed by atoms with E-state index in [1.54, 1.807) is 31.2 Å². The number of amides is 1. The molecule has 0 bridgehead atoms. The molecule has 5 nitrogen and oxygen atoms in total. The summed E-state index contributed by atoms with van der Waals surface area (Å²) in [7, 11) is -3.62. The highest BCUT2D eigenvalue weighted by atomic mass is 35.5. The van der Waals surface area contributed by atoms with Crippen LogP contribution in [-0.2, 0) is 27.8 Å².